The van der Waals surface area contributed by atoms with Crippen LogP contribution in [0.5, 0.6) is 0 Å². The van der Waals surface area contributed by atoms with Crippen LogP contribution in [0, 0.1) is 3.57 Å². The maximum Gasteiger partial charge on any atom is 0.0791 e. The molecule has 16 heavy (non-hydrogen) atoms. The quantitative estimate of drug-likeness (QED) is 0.835. The maximum absolute atomic E-state index is 10.0. The van der Waals surface area contributed by atoms with Gasteiger partial charge < -0.3 is 9.84 Å². The molecule has 3 heteroatoms. The van der Waals surface area contributed by atoms with Gasteiger partial charge in [0, 0.05) is 10.7 Å². The number of aliphatic hydroxyl groups excluding tert-OH is 1. The van der Waals surface area contributed by atoms with E-state index in [1.54, 1.807) is 7.11 Å². The molecule has 1 unspecified atom stereocenters. The molecule has 0 amide bonds. The van der Waals surface area contributed by atoms with Gasteiger partial charge in [0.15, 0.2) is 0 Å². The van der Waals surface area contributed by atoms with Crippen molar-refractivity contribution < 1.29 is 9.84 Å². The third-order valence-corrected chi connectivity index (χ3v) is 3.55. The number of halogens is 1. The van der Waals surface area contributed by atoms with Crippen LogP contribution in [0.1, 0.15) is 38.4 Å². The third kappa shape index (κ3) is 4.39. The Hall–Kier alpha value is -0.130. The van der Waals surface area contributed by atoms with E-state index in [1.807, 2.05) is 38.1 Å². The molecule has 90 valence electrons. The summed E-state index contributed by atoms with van der Waals surface area (Å²) < 4.78 is 6.52. The number of benzene rings is 1. The number of aliphatic hydroxyl groups is 1. The van der Waals surface area contributed by atoms with Crippen molar-refractivity contribution >= 4 is 22.6 Å². The Bertz CT molecular complexity index is 319. The largest absolute Gasteiger partial charge is 0.388 e. The lowest BCUT2D eigenvalue weighted by atomic mass is 9.97. The summed E-state index contributed by atoms with van der Waals surface area (Å²) in [5.74, 6) is 0. The van der Waals surface area contributed by atoms with Gasteiger partial charge in [-0.1, -0.05) is 12.1 Å². The zero-order valence-electron chi connectivity index (χ0n) is 10.0. The van der Waals surface area contributed by atoms with Crippen LogP contribution in [0.4, 0.5) is 0 Å². The molecule has 0 fully saturated rings. The van der Waals surface area contributed by atoms with Crippen molar-refractivity contribution in [3.63, 3.8) is 0 Å². The monoisotopic (exact) mass is 334 g/mol. The number of rotatable bonds is 5. The second-order valence-corrected chi connectivity index (χ2v) is 5.82. The average molecular weight is 334 g/mol. The van der Waals surface area contributed by atoms with Crippen LogP contribution in [0.25, 0.3) is 0 Å². The number of methoxy groups -OCH3 is 1. The molecule has 0 bridgehead atoms. The SMILES string of the molecule is COC(C)(C)CCC(O)c1ccc(I)cc1. The predicted octanol–water partition coefficient (Wildman–Crippen LogP) is 3.53. The van der Waals surface area contributed by atoms with E-state index in [0.717, 1.165) is 18.4 Å². The smallest absolute Gasteiger partial charge is 0.0791 e. The van der Waals surface area contributed by atoms with Gasteiger partial charge in [-0.05, 0) is 67.0 Å². The first-order valence-electron chi connectivity index (χ1n) is 5.43. The Morgan fingerprint density at radius 3 is 2.38 bits per heavy atom. The zero-order valence-corrected chi connectivity index (χ0v) is 12.2. The molecule has 1 atom stereocenters. The van der Waals surface area contributed by atoms with E-state index in [1.165, 1.54) is 3.57 Å². The third-order valence-electron chi connectivity index (χ3n) is 2.83. The van der Waals surface area contributed by atoms with Crippen LogP contribution in [-0.4, -0.2) is 17.8 Å². The summed E-state index contributed by atoms with van der Waals surface area (Å²) in [7, 11) is 1.71. The lowest BCUT2D eigenvalue weighted by Gasteiger charge is -2.24. The highest BCUT2D eigenvalue weighted by atomic mass is 127. The molecule has 0 radical (unpaired) electrons. The highest BCUT2D eigenvalue weighted by molar-refractivity contribution is 14.1. The first-order chi connectivity index (χ1) is 7.44. The van der Waals surface area contributed by atoms with Crippen molar-refractivity contribution in [2.75, 3.05) is 7.11 Å². The molecule has 0 aromatic heterocycles. The summed E-state index contributed by atoms with van der Waals surface area (Å²) in [4.78, 5) is 0. The minimum Gasteiger partial charge on any atom is -0.388 e. The molecular formula is C13H19IO2. The van der Waals surface area contributed by atoms with E-state index in [-0.39, 0.29) is 5.60 Å². The summed E-state index contributed by atoms with van der Waals surface area (Å²) >= 11 is 2.26. The van der Waals surface area contributed by atoms with Gasteiger partial charge in [-0.3, -0.25) is 0 Å². The highest BCUT2D eigenvalue weighted by Gasteiger charge is 2.18. The molecule has 0 saturated carbocycles. The zero-order chi connectivity index (χ0) is 12.2. The molecule has 0 heterocycles. The summed E-state index contributed by atoms with van der Waals surface area (Å²) in [5, 5.41) is 10.0. The molecule has 1 rings (SSSR count). The van der Waals surface area contributed by atoms with Crippen molar-refractivity contribution in [1.29, 1.82) is 0 Å². The minimum absolute atomic E-state index is 0.163. The van der Waals surface area contributed by atoms with Crippen LogP contribution in [0.3, 0.4) is 0 Å². The second-order valence-electron chi connectivity index (χ2n) is 4.57. The second kappa shape index (κ2) is 5.98. The van der Waals surface area contributed by atoms with E-state index in [4.69, 9.17) is 4.74 Å². The molecule has 1 aromatic carbocycles. The Balaban J connectivity index is 2.53. The van der Waals surface area contributed by atoms with Gasteiger partial charge in [0.25, 0.3) is 0 Å². The topological polar surface area (TPSA) is 29.5 Å². The molecule has 2 nitrogen and oxygen atoms in total. The Labute approximate surface area is 111 Å². The number of hydrogen-bond acceptors (Lipinski definition) is 2. The number of ether oxygens (including phenoxy) is 1. The van der Waals surface area contributed by atoms with Crippen LogP contribution in [-0.2, 0) is 4.74 Å². The van der Waals surface area contributed by atoms with Gasteiger partial charge in [-0.15, -0.1) is 0 Å². The highest BCUT2D eigenvalue weighted by Crippen LogP contribution is 2.24. The Morgan fingerprint density at radius 1 is 1.31 bits per heavy atom. The normalized spacial score (nSPS) is 13.8. The fourth-order valence-corrected chi connectivity index (χ4v) is 1.80. The first kappa shape index (κ1) is 13.9. The van der Waals surface area contributed by atoms with E-state index in [9.17, 15) is 5.11 Å². The molecule has 0 aliphatic rings. The van der Waals surface area contributed by atoms with Crippen LogP contribution in [0.2, 0.25) is 0 Å². The molecule has 0 aliphatic heterocycles. The van der Waals surface area contributed by atoms with Crippen LogP contribution in [0.15, 0.2) is 24.3 Å². The summed E-state index contributed by atoms with van der Waals surface area (Å²) in [6.45, 7) is 4.07. The summed E-state index contributed by atoms with van der Waals surface area (Å²) in [6, 6.07) is 7.99. The van der Waals surface area contributed by atoms with Gasteiger partial charge in [-0.25, -0.2) is 0 Å². The van der Waals surface area contributed by atoms with Crippen LogP contribution >= 0.6 is 22.6 Å². The lowest BCUT2D eigenvalue weighted by molar-refractivity contribution is 0.00279. The van der Waals surface area contributed by atoms with Gasteiger partial charge in [0.1, 0.15) is 0 Å². The average Bonchev–Trinajstić information content (AvgIpc) is 2.27. The van der Waals surface area contributed by atoms with Crippen molar-refractivity contribution in [3.05, 3.63) is 33.4 Å². The standard InChI is InChI=1S/C13H19IO2/c1-13(2,16-3)9-8-12(15)10-4-6-11(14)7-5-10/h4-7,12,15H,8-9H2,1-3H3. The maximum atomic E-state index is 10.0. The molecule has 1 N–H and O–H groups in total. The Morgan fingerprint density at radius 2 is 1.88 bits per heavy atom. The first-order valence-corrected chi connectivity index (χ1v) is 6.51. The van der Waals surface area contributed by atoms with E-state index in [2.05, 4.69) is 22.6 Å². The van der Waals surface area contributed by atoms with Crippen molar-refractivity contribution in [2.24, 2.45) is 0 Å². The van der Waals surface area contributed by atoms with Gasteiger partial charge in [0.2, 0.25) is 0 Å². The van der Waals surface area contributed by atoms with Crippen molar-refractivity contribution in [1.82, 2.24) is 0 Å². The molecule has 0 spiro atoms. The predicted molar refractivity (Wildman–Crippen MR) is 74.4 cm³/mol. The number of hydrogen-bond donors (Lipinski definition) is 1. The van der Waals surface area contributed by atoms with Gasteiger partial charge in [0.05, 0.1) is 11.7 Å². The molecule has 1 aromatic rings. The molecule has 0 saturated heterocycles. The summed E-state index contributed by atoms with van der Waals surface area (Å²) in [5.41, 5.74) is 0.816. The fourth-order valence-electron chi connectivity index (χ4n) is 1.44. The van der Waals surface area contributed by atoms with Crippen molar-refractivity contribution in [2.45, 2.75) is 38.4 Å². The van der Waals surface area contributed by atoms with Gasteiger partial charge >= 0.3 is 0 Å². The lowest BCUT2D eigenvalue weighted by Crippen LogP contribution is -2.23. The Kier molecular flexibility index (Phi) is 5.21. The summed E-state index contributed by atoms with van der Waals surface area (Å²) in [6.07, 6.45) is 1.17. The van der Waals surface area contributed by atoms with Crippen LogP contribution < -0.4 is 0 Å². The van der Waals surface area contributed by atoms with E-state index < -0.39 is 6.10 Å². The minimum atomic E-state index is -0.397. The molecule has 0 aliphatic carbocycles. The fraction of sp³-hybridized carbons (Fsp3) is 0.538. The van der Waals surface area contributed by atoms with E-state index in [0.29, 0.717) is 0 Å². The van der Waals surface area contributed by atoms with Gasteiger partial charge in [-0.2, -0.15) is 0 Å². The molecular weight excluding hydrogens is 315 g/mol. The van der Waals surface area contributed by atoms with Crippen molar-refractivity contribution in [3.8, 4) is 0 Å². The van der Waals surface area contributed by atoms with E-state index >= 15 is 0 Å².